The Morgan fingerprint density at radius 3 is 2.69 bits per heavy atom. The Labute approximate surface area is 100 Å². The van der Waals surface area contributed by atoms with E-state index in [2.05, 4.69) is 10.1 Å². The number of ether oxygens (including phenoxy) is 1. The van der Waals surface area contributed by atoms with Crippen molar-refractivity contribution in [1.29, 1.82) is 0 Å². The van der Waals surface area contributed by atoms with Gasteiger partial charge in [-0.1, -0.05) is 6.92 Å². The van der Waals surface area contributed by atoms with Gasteiger partial charge >= 0.3 is 5.97 Å². The van der Waals surface area contributed by atoms with Crippen LogP contribution in [0.3, 0.4) is 0 Å². The maximum Gasteiger partial charge on any atom is 0.313 e. The zero-order chi connectivity index (χ0) is 11.5. The molecule has 0 unspecified atom stereocenters. The van der Waals surface area contributed by atoms with Crippen LogP contribution in [0.4, 0.5) is 8.78 Å². The van der Waals surface area contributed by atoms with Gasteiger partial charge in [-0.3, -0.25) is 4.79 Å². The van der Waals surface area contributed by atoms with Crippen molar-refractivity contribution in [3.8, 4) is 0 Å². The summed E-state index contributed by atoms with van der Waals surface area (Å²) in [7, 11) is 1.25. The molecule has 6 heteroatoms. The van der Waals surface area contributed by atoms with Crippen molar-refractivity contribution in [2.75, 3.05) is 20.2 Å². The van der Waals surface area contributed by atoms with Crippen molar-refractivity contribution in [3.63, 3.8) is 0 Å². The average molecular weight is 258 g/mol. The second-order valence-corrected chi connectivity index (χ2v) is 3.91. The lowest BCUT2D eigenvalue weighted by molar-refractivity contribution is -0.164. The Kier molecular flexibility index (Phi) is 6.18. The van der Waals surface area contributed by atoms with Crippen molar-refractivity contribution in [2.24, 2.45) is 11.3 Å². The number of carbonyl (C=O) groups is 1. The van der Waals surface area contributed by atoms with Gasteiger partial charge in [0.05, 0.1) is 12.5 Å². The number of piperidine rings is 1. The zero-order valence-electron chi connectivity index (χ0n) is 9.46. The van der Waals surface area contributed by atoms with Gasteiger partial charge in [-0.2, -0.15) is 0 Å². The molecule has 1 rings (SSSR count). The number of halogens is 3. The summed E-state index contributed by atoms with van der Waals surface area (Å²) in [6.45, 7) is 2.57. The summed E-state index contributed by atoms with van der Waals surface area (Å²) in [5.41, 5.74) is -1.05. The summed E-state index contributed by atoms with van der Waals surface area (Å²) < 4.78 is 30.4. The summed E-state index contributed by atoms with van der Waals surface area (Å²) in [6, 6.07) is 0. The lowest BCUT2D eigenvalue weighted by Crippen LogP contribution is -2.53. The van der Waals surface area contributed by atoms with Crippen LogP contribution in [-0.4, -0.2) is 32.6 Å². The molecule has 0 radical (unpaired) electrons. The van der Waals surface area contributed by atoms with Gasteiger partial charge in [0.2, 0.25) is 6.43 Å². The van der Waals surface area contributed by atoms with Crippen molar-refractivity contribution < 1.29 is 18.3 Å². The van der Waals surface area contributed by atoms with E-state index >= 15 is 0 Å². The van der Waals surface area contributed by atoms with E-state index in [0.717, 1.165) is 0 Å². The van der Waals surface area contributed by atoms with E-state index in [9.17, 15) is 13.6 Å². The molecular weight excluding hydrogens is 240 g/mol. The van der Waals surface area contributed by atoms with E-state index in [1.807, 2.05) is 0 Å². The van der Waals surface area contributed by atoms with Gasteiger partial charge in [0, 0.05) is 12.5 Å². The fraction of sp³-hybridized carbons (Fsp3) is 0.900. The summed E-state index contributed by atoms with van der Waals surface area (Å²) in [5, 5.41) is 2.99. The minimum absolute atomic E-state index is 0. The summed E-state index contributed by atoms with van der Waals surface area (Å²) in [5.74, 6) is -1.42. The fourth-order valence-electron chi connectivity index (χ4n) is 2.30. The molecule has 1 aliphatic heterocycles. The van der Waals surface area contributed by atoms with Crippen LogP contribution < -0.4 is 5.32 Å². The van der Waals surface area contributed by atoms with Crippen LogP contribution >= 0.6 is 12.4 Å². The number of hydrogen-bond donors (Lipinski definition) is 1. The molecule has 0 aromatic heterocycles. The Balaban J connectivity index is 0.00000225. The van der Waals surface area contributed by atoms with Gasteiger partial charge in [0.15, 0.2) is 0 Å². The lowest BCUT2D eigenvalue weighted by Gasteiger charge is -2.40. The third-order valence-electron chi connectivity index (χ3n) is 3.31. The van der Waals surface area contributed by atoms with Crippen LogP contribution in [0.2, 0.25) is 0 Å². The molecule has 0 spiro atoms. The highest BCUT2D eigenvalue weighted by Gasteiger charge is 2.50. The highest BCUT2D eigenvalue weighted by Crippen LogP contribution is 2.40. The second-order valence-electron chi connectivity index (χ2n) is 3.91. The SMILES string of the molecule is CC[C@@]1(C(=O)OC)CNCC[C@@H]1C(F)F.Cl. The molecule has 1 N–H and O–H groups in total. The predicted molar refractivity (Wildman–Crippen MR) is 59.0 cm³/mol. The Hall–Kier alpha value is -0.420. The number of hydrogen-bond acceptors (Lipinski definition) is 3. The molecular formula is C10H18ClF2NO2. The number of carbonyl (C=O) groups excluding carboxylic acids is 1. The highest BCUT2D eigenvalue weighted by molar-refractivity contribution is 5.85. The largest absolute Gasteiger partial charge is 0.469 e. The first-order chi connectivity index (χ1) is 7.08. The molecule has 16 heavy (non-hydrogen) atoms. The molecule has 1 fully saturated rings. The quantitative estimate of drug-likeness (QED) is 0.785. The van der Waals surface area contributed by atoms with E-state index in [4.69, 9.17) is 0 Å². The van der Waals surface area contributed by atoms with Crippen molar-refractivity contribution >= 4 is 18.4 Å². The van der Waals surface area contributed by atoms with Crippen LogP contribution in [0, 0.1) is 11.3 Å². The third-order valence-corrected chi connectivity index (χ3v) is 3.31. The van der Waals surface area contributed by atoms with Gasteiger partial charge < -0.3 is 10.1 Å². The molecule has 0 aromatic carbocycles. The van der Waals surface area contributed by atoms with Gasteiger partial charge in [-0.25, -0.2) is 8.78 Å². The van der Waals surface area contributed by atoms with E-state index in [0.29, 0.717) is 19.4 Å². The minimum Gasteiger partial charge on any atom is -0.469 e. The maximum absolute atomic E-state index is 12.9. The molecule has 2 atom stereocenters. The fourth-order valence-corrected chi connectivity index (χ4v) is 2.30. The highest BCUT2D eigenvalue weighted by atomic mass is 35.5. The average Bonchev–Trinajstić information content (AvgIpc) is 2.27. The lowest BCUT2D eigenvalue weighted by atomic mass is 9.69. The predicted octanol–water partition coefficient (Wildman–Crippen LogP) is 1.85. The molecule has 1 heterocycles. The minimum atomic E-state index is -2.47. The molecule has 1 aliphatic rings. The van der Waals surface area contributed by atoms with Gasteiger partial charge in [-0.15, -0.1) is 12.4 Å². The zero-order valence-corrected chi connectivity index (χ0v) is 10.3. The van der Waals surface area contributed by atoms with E-state index in [-0.39, 0.29) is 19.0 Å². The number of alkyl halides is 2. The van der Waals surface area contributed by atoms with Gasteiger partial charge in [-0.05, 0) is 19.4 Å². The van der Waals surface area contributed by atoms with Crippen molar-refractivity contribution in [3.05, 3.63) is 0 Å². The molecule has 3 nitrogen and oxygen atoms in total. The van der Waals surface area contributed by atoms with Gasteiger partial charge in [0.1, 0.15) is 0 Å². The third kappa shape index (κ3) is 2.63. The Morgan fingerprint density at radius 2 is 2.25 bits per heavy atom. The molecule has 0 amide bonds. The normalized spacial score (nSPS) is 29.7. The standard InChI is InChI=1S/C10H17F2NO2.ClH/c1-3-10(9(14)15-2)6-13-5-4-7(10)8(11)12;/h7-8,13H,3-6H2,1-2H3;1H/t7-,10-;/m1./s1. The molecule has 0 aliphatic carbocycles. The van der Waals surface area contributed by atoms with Crippen LogP contribution in [0.15, 0.2) is 0 Å². The summed E-state index contributed by atoms with van der Waals surface area (Å²) >= 11 is 0. The first-order valence-electron chi connectivity index (χ1n) is 5.15. The topological polar surface area (TPSA) is 38.3 Å². The van der Waals surface area contributed by atoms with Crippen LogP contribution in [0.1, 0.15) is 19.8 Å². The number of rotatable bonds is 3. The van der Waals surface area contributed by atoms with Crippen molar-refractivity contribution in [2.45, 2.75) is 26.2 Å². The van der Waals surface area contributed by atoms with Crippen LogP contribution in [0.25, 0.3) is 0 Å². The first kappa shape index (κ1) is 15.6. The second kappa shape index (κ2) is 6.35. The summed E-state index contributed by atoms with van der Waals surface area (Å²) in [4.78, 5) is 11.6. The maximum atomic E-state index is 12.9. The van der Waals surface area contributed by atoms with Crippen LogP contribution in [-0.2, 0) is 9.53 Å². The molecule has 0 bridgehead atoms. The number of methoxy groups -OCH3 is 1. The Morgan fingerprint density at radius 1 is 1.62 bits per heavy atom. The smallest absolute Gasteiger partial charge is 0.313 e. The van der Waals surface area contributed by atoms with E-state index in [1.165, 1.54) is 7.11 Å². The van der Waals surface area contributed by atoms with Crippen LogP contribution in [0.5, 0.6) is 0 Å². The molecule has 1 saturated heterocycles. The first-order valence-corrected chi connectivity index (χ1v) is 5.15. The van der Waals surface area contributed by atoms with Crippen molar-refractivity contribution in [1.82, 2.24) is 5.32 Å². The monoisotopic (exact) mass is 257 g/mol. The Bertz CT molecular complexity index is 241. The van der Waals surface area contributed by atoms with E-state index in [1.54, 1.807) is 6.92 Å². The number of esters is 1. The number of nitrogens with one attached hydrogen (secondary N) is 1. The van der Waals surface area contributed by atoms with E-state index < -0.39 is 23.7 Å². The molecule has 0 saturated carbocycles. The van der Waals surface area contributed by atoms with Gasteiger partial charge in [0.25, 0.3) is 0 Å². The molecule has 96 valence electrons. The summed E-state index contributed by atoms with van der Waals surface area (Å²) in [6.07, 6.45) is -1.77. The molecule has 0 aromatic rings.